The van der Waals surface area contributed by atoms with Crippen molar-refractivity contribution in [3.63, 3.8) is 0 Å². The van der Waals surface area contributed by atoms with Gasteiger partial charge in [-0.2, -0.15) is 0 Å². The van der Waals surface area contributed by atoms with Crippen LogP contribution in [0.25, 0.3) is 0 Å². The molecule has 0 saturated carbocycles. The largest absolute Gasteiger partial charge is 0.481 e. The topological polar surface area (TPSA) is 95.4 Å². The first-order chi connectivity index (χ1) is 8.16. The van der Waals surface area contributed by atoms with E-state index >= 15 is 0 Å². The zero-order valence-corrected chi connectivity index (χ0v) is 9.81. The summed E-state index contributed by atoms with van der Waals surface area (Å²) in [6.45, 7) is 0.828. The second kappa shape index (κ2) is 5.09. The number of carboxylic acids is 1. The molecule has 0 unspecified atom stereocenters. The number of likely N-dealkylation sites (tertiary alicyclic amines) is 1. The Hall–Kier alpha value is -1.70. The molecule has 0 radical (unpaired) electrons. The van der Waals surface area contributed by atoms with Gasteiger partial charge < -0.3 is 10.0 Å². The van der Waals surface area contributed by atoms with Crippen LogP contribution in [0, 0.1) is 5.92 Å². The van der Waals surface area contributed by atoms with Crippen LogP contribution in [-0.4, -0.2) is 45.3 Å². The van der Waals surface area contributed by atoms with Crippen molar-refractivity contribution in [2.75, 3.05) is 18.4 Å². The van der Waals surface area contributed by atoms with Crippen LogP contribution in [0.3, 0.4) is 0 Å². The molecule has 2 heterocycles. The van der Waals surface area contributed by atoms with E-state index in [-0.39, 0.29) is 12.6 Å². The van der Waals surface area contributed by atoms with Crippen LogP contribution in [0.1, 0.15) is 12.8 Å². The molecule has 2 amide bonds. The third kappa shape index (κ3) is 2.90. The van der Waals surface area contributed by atoms with Crippen molar-refractivity contribution < 1.29 is 14.7 Å². The van der Waals surface area contributed by atoms with Crippen LogP contribution in [-0.2, 0) is 4.79 Å². The van der Waals surface area contributed by atoms with E-state index in [2.05, 4.69) is 15.5 Å². The molecule has 1 saturated heterocycles. The van der Waals surface area contributed by atoms with E-state index in [9.17, 15) is 9.59 Å². The quantitative estimate of drug-likeness (QED) is 0.818. The minimum atomic E-state index is -0.849. The highest BCUT2D eigenvalue weighted by Crippen LogP contribution is 2.18. The summed E-state index contributed by atoms with van der Waals surface area (Å²) in [7, 11) is 0. The van der Waals surface area contributed by atoms with Crippen molar-refractivity contribution in [1.29, 1.82) is 0 Å². The van der Waals surface area contributed by atoms with Crippen molar-refractivity contribution in [1.82, 2.24) is 15.1 Å². The van der Waals surface area contributed by atoms with Crippen LogP contribution in [0.4, 0.5) is 9.93 Å². The van der Waals surface area contributed by atoms with E-state index in [1.807, 2.05) is 0 Å². The number of piperidine rings is 1. The highest BCUT2D eigenvalue weighted by atomic mass is 32.1. The van der Waals surface area contributed by atoms with Gasteiger partial charge in [-0.3, -0.25) is 10.1 Å². The average molecular weight is 256 g/mol. The molecule has 2 rings (SSSR count). The highest BCUT2D eigenvalue weighted by Gasteiger charge is 2.28. The number of hydrogen-bond acceptors (Lipinski definition) is 5. The number of aromatic nitrogens is 2. The van der Waals surface area contributed by atoms with Gasteiger partial charge in [-0.25, -0.2) is 4.79 Å². The molecule has 0 bridgehead atoms. The molecule has 17 heavy (non-hydrogen) atoms. The standard InChI is InChI=1S/C9H12N4O3S/c14-7(15)6-2-1-3-13(4-6)9(16)11-8-12-10-5-17-8/h5-6H,1-4H2,(H,14,15)(H,11,12,16)/t6-/m0/s1. The monoisotopic (exact) mass is 256 g/mol. The summed E-state index contributed by atoms with van der Waals surface area (Å²) in [4.78, 5) is 24.2. The normalized spacial score (nSPS) is 20.0. The number of nitrogens with one attached hydrogen (secondary N) is 1. The van der Waals surface area contributed by atoms with E-state index in [1.54, 1.807) is 0 Å². The molecule has 1 aromatic rings. The van der Waals surface area contributed by atoms with Crippen molar-refractivity contribution in [2.45, 2.75) is 12.8 Å². The lowest BCUT2D eigenvalue weighted by Gasteiger charge is -2.30. The Bertz CT molecular complexity index is 408. The predicted octanol–water partition coefficient (Wildman–Crippen LogP) is 0.867. The third-order valence-electron chi connectivity index (χ3n) is 2.63. The molecular weight excluding hydrogens is 244 g/mol. The van der Waals surface area contributed by atoms with Gasteiger partial charge in [0.25, 0.3) is 0 Å². The van der Waals surface area contributed by atoms with Crippen LogP contribution >= 0.6 is 11.3 Å². The van der Waals surface area contributed by atoms with E-state index in [0.29, 0.717) is 24.5 Å². The maximum Gasteiger partial charge on any atom is 0.323 e. The zero-order valence-electron chi connectivity index (χ0n) is 9.00. The van der Waals surface area contributed by atoms with Crippen molar-refractivity contribution in [2.24, 2.45) is 5.92 Å². The minimum Gasteiger partial charge on any atom is -0.481 e. The number of carbonyl (C=O) groups excluding carboxylic acids is 1. The maximum atomic E-state index is 11.8. The first-order valence-electron chi connectivity index (χ1n) is 5.21. The van der Waals surface area contributed by atoms with E-state index in [1.165, 1.54) is 21.7 Å². The van der Waals surface area contributed by atoms with Crippen molar-refractivity contribution in [3.8, 4) is 0 Å². The number of carbonyl (C=O) groups is 2. The van der Waals surface area contributed by atoms with Crippen molar-refractivity contribution in [3.05, 3.63) is 5.51 Å². The lowest BCUT2D eigenvalue weighted by molar-refractivity contribution is -0.143. The number of carboxylic acid groups (broad SMARTS) is 1. The molecule has 1 aliphatic rings. The maximum absolute atomic E-state index is 11.8. The Balaban J connectivity index is 1.93. The van der Waals surface area contributed by atoms with E-state index in [0.717, 1.165) is 0 Å². The fraction of sp³-hybridized carbons (Fsp3) is 0.556. The van der Waals surface area contributed by atoms with E-state index in [4.69, 9.17) is 5.11 Å². The van der Waals surface area contributed by atoms with Crippen LogP contribution in [0.2, 0.25) is 0 Å². The average Bonchev–Trinajstić information content (AvgIpc) is 2.82. The Morgan fingerprint density at radius 2 is 2.41 bits per heavy atom. The number of rotatable bonds is 2. The molecule has 0 aromatic carbocycles. The summed E-state index contributed by atoms with van der Waals surface area (Å²) in [6, 6.07) is -0.312. The SMILES string of the molecule is O=C(O)[C@H]1CCCN(C(=O)Nc2nncs2)C1. The van der Waals surface area contributed by atoms with Gasteiger partial charge in [-0.1, -0.05) is 11.3 Å². The summed E-state index contributed by atoms with van der Waals surface area (Å²) in [5, 5.41) is 19.2. The van der Waals surface area contributed by atoms with Gasteiger partial charge >= 0.3 is 12.0 Å². The van der Waals surface area contributed by atoms with Gasteiger partial charge in [0.05, 0.1) is 5.92 Å². The first-order valence-corrected chi connectivity index (χ1v) is 6.09. The second-order valence-electron chi connectivity index (χ2n) is 3.80. The second-order valence-corrected chi connectivity index (χ2v) is 4.63. The van der Waals surface area contributed by atoms with Crippen LogP contribution in [0.15, 0.2) is 5.51 Å². The number of anilines is 1. The molecule has 7 nitrogen and oxygen atoms in total. The number of urea groups is 1. The molecular formula is C9H12N4O3S. The van der Waals surface area contributed by atoms with Gasteiger partial charge in [0, 0.05) is 13.1 Å². The summed E-state index contributed by atoms with van der Waals surface area (Å²) in [5.74, 6) is -1.32. The minimum absolute atomic E-state index is 0.250. The van der Waals surface area contributed by atoms with Gasteiger partial charge in [-0.15, -0.1) is 10.2 Å². The molecule has 1 fully saturated rings. The van der Waals surface area contributed by atoms with Crippen molar-refractivity contribution >= 4 is 28.5 Å². The molecule has 2 N–H and O–H groups in total. The van der Waals surface area contributed by atoms with Gasteiger partial charge in [0.15, 0.2) is 0 Å². The Morgan fingerprint density at radius 1 is 1.59 bits per heavy atom. The smallest absolute Gasteiger partial charge is 0.323 e. The fourth-order valence-electron chi connectivity index (χ4n) is 1.76. The van der Waals surface area contributed by atoms with Crippen LogP contribution < -0.4 is 5.32 Å². The van der Waals surface area contributed by atoms with Gasteiger partial charge in [-0.05, 0) is 12.8 Å². The van der Waals surface area contributed by atoms with Gasteiger partial charge in [0.1, 0.15) is 5.51 Å². The number of nitrogens with zero attached hydrogens (tertiary/aromatic N) is 3. The van der Waals surface area contributed by atoms with Gasteiger partial charge in [0.2, 0.25) is 5.13 Å². The highest BCUT2D eigenvalue weighted by molar-refractivity contribution is 7.13. The zero-order chi connectivity index (χ0) is 12.3. The molecule has 1 aliphatic heterocycles. The Kier molecular flexibility index (Phi) is 3.52. The van der Waals surface area contributed by atoms with E-state index < -0.39 is 11.9 Å². The summed E-state index contributed by atoms with van der Waals surface area (Å²) in [6.07, 6.45) is 1.33. The lowest BCUT2D eigenvalue weighted by atomic mass is 9.99. The molecule has 1 atom stereocenters. The molecule has 0 spiro atoms. The summed E-state index contributed by atoms with van der Waals surface area (Å²) >= 11 is 1.23. The molecule has 92 valence electrons. The Morgan fingerprint density at radius 3 is 3.06 bits per heavy atom. The number of amides is 2. The molecule has 1 aromatic heterocycles. The predicted molar refractivity (Wildman–Crippen MR) is 60.9 cm³/mol. The number of hydrogen-bond donors (Lipinski definition) is 2. The third-order valence-corrected chi connectivity index (χ3v) is 3.24. The molecule has 8 heteroatoms. The number of aliphatic carboxylic acids is 1. The fourth-order valence-corrected chi connectivity index (χ4v) is 2.20. The lowest BCUT2D eigenvalue weighted by Crippen LogP contribution is -2.44. The first kappa shape index (κ1) is 11.8. The summed E-state index contributed by atoms with van der Waals surface area (Å²) < 4.78 is 0. The van der Waals surface area contributed by atoms with Crippen LogP contribution in [0.5, 0.6) is 0 Å². The summed E-state index contributed by atoms with van der Waals surface area (Å²) in [5.41, 5.74) is 1.52. The Labute approximate surface area is 101 Å². The molecule has 0 aliphatic carbocycles.